The van der Waals surface area contributed by atoms with Crippen molar-refractivity contribution in [1.29, 1.82) is 0 Å². The van der Waals surface area contributed by atoms with Crippen LogP contribution in [-0.4, -0.2) is 17.0 Å². The Balaban J connectivity index is 1.92. The Hall–Kier alpha value is -1.88. The van der Waals surface area contributed by atoms with E-state index in [1.807, 2.05) is 12.1 Å². The van der Waals surface area contributed by atoms with E-state index in [0.717, 1.165) is 36.1 Å². The molecule has 1 atom stereocenters. The number of carbonyl (C=O) groups is 2. The van der Waals surface area contributed by atoms with Crippen LogP contribution in [0, 0.1) is 0 Å². The molecule has 108 valence electrons. The van der Waals surface area contributed by atoms with E-state index in [-0.39, 0.29) is 18.4 Å². The molecule has 0 spiro atoms. The minimum atomic E-state index is -0.761. The van der Waals surface area contributed by atoms with Gasteiger partial charge in [-0.25, -0.2) is 0 Å². The highest BCUT2D eigenvalue weighted by molar-refractivity contribution is 5.93. The van der Waals surface area contributed by atoms with E-state index < -0.39 is 5.97 Å². The molecule has 0 fully saturated rings. The van der Waals surface area contributed by atoms with E-state index in [4.69, 9.17) is 10.8 Å². The number of rotatable bonds is 6. The summed E-state index contributed by atoms with van der Waals surface area (Å²) in [5.41, 5.74) is 9.19. The average Bonchev–Trinajstić information content (AvgIpc) is 2.42. The molecule has 1 aromatic rings. The third-order valence-corrected chi connectivity index (χ3v) is 3.61. The van der Waals surface area contributed by atoms with Crippen LogP contribution in [0.5, 0.6) is 0 Å². The maximum absolute atomic E-state index is 11.3. The third kappa shape index (κ3) is 3.81. The number of amides is 1. The smallest absolute Gasteiger partial charge is 0.303 e. The Labute approximate surface area is 118 Å². The van der Waals surface area contributed by atoms with Gasteiger partial charge in [-0.05, 0) is 36.5 Å². The molecular formula is C15H20N2O3. The highest BCUT2D eigenvalue weighted by Gasteiger charge is 2.16. The summed E-state index contributed by atoms with van der Waals surface area (Å²) in [6.45, 7) is 0. The van der Waals surface area contributed by atoms with Gasteiger partial charge in [0.1, 0.15) is 0 Å². The standard InChI is InChI=1S/C15H20N2O3/c16-12(3-1-2-4-15(19)20)10-5-7-13-11(9-10)6-8-14(18)17-13/h5,7,9,12H,1-4,6,8,16H2,(H,17,18)(H,19,20). The molecule has 1 aliphatic rings. The summed E-state index contributed by atoms with van der Waals surface area (Å²) in [6, 6.07) is 5.81. The Kier molecular flexibility index (Phi) is 4.74. The number of carbonyl (C=O) groups excluding carboxylic acids is 1. The summed E-state index contributed by atoms with van der Waals surface area (Å²) in [4.78, 5) is 21.7. The first kappa shape index (κ1) is 14.5. The summed E-state index contributed by atoms with van der Waals surface area (Å²) < 4.78 is 0. The van der Waals surface area contributed by atoms with Crippen LogP contribution in [0.25, 0.3) is 0 Å². The van der Waals surface area contributed by atoms with Crippen molar-refractivity contribution >= 4 is 17.6 Å². The Bertz CT molecular complexity index is 514. The normalized spacial score (nSPS) is 15.3. The van der Waals surface area contributed by atoms with Gasteiger partial charge in [-0.3, -0.25) is 9.59 Å². The van der Waals surface area contributed by atoms with Crippen molar-refractivity contribution < 1.29 is 14.7 Å². The molecular weight excluding hydrogens is 256 g/mol. The second kappa shape index (κ2) is 6.52. The van der Waals surface area contributed by atoms with Crippen LogP contribution in [0.3, 0.4) is 0 Å². The van der Waals surface area contributed by atoms with E-state index >= 15 is 0 Å². The van der Waals surface area contributed by atoms with Gasteiger partial charge in [0.2, 0.25) is 5.91 Å². The fraction of sp³-hybridized carbons (Fsp3) is 0.467. The molecule has 2 rings (SSSR count). The lowest BCUT2D eigenvalue weighted by Gasteiger charge is -2.19. The van der Waals surface area contributed by atoms with Crippen LogP contribution < -0.4 is 11.1 Å². The summed E-state index contributed by atoms with van der Waals surface area (Å²) in [7, 11) is 0. The predicted octanol–water partition coefficient (Wildman–Crippen LogP) is 2.22. The number of fused-ring (bicyclic) bond motifs is 1. The maximum Gasteiger partial charge on any atom is 0.303 e. The largest absolute Gasteiger partial charge is 0.481 e. The van der Waals surface area contributed by atoms with Crippen molar-refractivity contribution in [2.24, 2.45) is 5.73 Å². The number of nitrogens with two attached hydrogens (primary N) is 1. The lowest BCUT2D eigenvalue weighted by molar-refractivity contribution is -0.137. The van der Waals surface area contributed by atoms with Crippen molar-refractivity contribution in [3.63, 3.8) is 0 Å². The van der Waals surface area contributed by atoms with Crippen molar-refractivity contribution in [3.8, 4) is 0 Å². The molecule has 5 heteroatoms. The summed E-state index contributed by atoms with van der Waals surface area (Å²) >= 11 is 0. The SMILES string of the molecule is NC(CCCCC(=O)O)c1ccc2c(c1)CCC(=O)N2. The van der Waals surface area contributed by atoms with Crippen molar-refractivity contribution in [2.45, 2.75) is 44.6 Å². The molecule has 1 amide bonds. The minimum Gasteiger partial charge on any atom is -0.481 e. The number of nitrogens with one attached hydrogen (secondary N) is 1. The summed E-state index contributed by atoms with van der Waals surface area (Å²) in [5.74, 6) is -0.702. The highest BCUT2D eigenvalue weighted by Crippen LogP contribution is 2.27. The summed E-state index contributed by atoms with van der Waals surface area (Å²) in [6.07, 6.45) is 3.71. The predicted molar refractivity (Wildman–Crippen MR) is 76.4 cm³/mol. The second-order valence-corrected chi connectivity index (χ2v) is 5.21. The number of carboxylic acids is 1. The number of carboxylic acid groups (broad SMARTS) is 1. The van der Waals surface area contributed by atoms with Gasteiger partial charge >= 0.3 is 5.97 Å². The molecule has 0 bridgehead atoms. The van der Waals surface area contributed by atoms with Gasteiger partial charge in [-0.15, -0.1) is 0 Å². The third-order valence-electron chi connectivity index (χ3n) is 3.61. The molecule has 0 saturated heterocycles. The molecule has 0 aromatic heterocycles. The van der Waals surface area contributed by atoms with Crippen molar-refractivity contribution in [1.82, 2.24) is 0 Å². The number of benzene rings is 1. The van der Waals surface area contributed by atoms with Gasteiger partial charge in [-0.2, -0.15) is 0 Å². The topological polar surface area (TPSA) is 92.4 Å². The van der Waals surface area contributed by atoms with Gasteiger partial charge in [0, 0.05) is 24.6 Å². The molecule has 1 aromatic carbocycles. The molecule has 0 saturated carbocycles. The van der Waals surface area contributed by atoms with Gasteiger partial charge in [0.25, 0.3) is 0 Å². The summed E-state index contributed by atoms with van der Waals surface area (Å²) in [5, 5.41) is 11.4. The highest BCUT2D eigenvalue weighted by atomic mass is 16.4. The first-order valence-corrected chi connectivity index (χ1v) is 6.96. The zero-order valence-corrected chi connectivity index (χ0v) is 11.4. The number of anilines is 1. The zero-order valence-electron chi connectivity index (χ0n) is 11.4. The molecule has 1 unspecified atom stereocenters. The molecule has 0 radical (unpaired) electrons. The molecule has 4 N–H and O–H groups in total. The number of aryl methyl sites for hydroxylation is 1. The number of hydrogen-bond donors (Lipinski definition) is 3. The van der Waals surface area contributed by atoms with Crippen LogP contribution in [0.4, 0.5) is 5.69 Å². The fourth-order valence-electron chi connectivity index (χ4n) is 2.44. The number of unbranched alkanes of at least 4 members (excludes halogenated alkanes) is 1. The van der Waals surface area contributed by atoms with Crippen LogP contribution in [0.15, 0.2) is 18.2 Å². The van der Waals surface area contributed by atoms with Crippen LogP contribution in [0.2, 0.25) is 0 Å². The molecule has 0 aliphatic carbocycles. The van der Waals surface area contributed by atoms with Gasteiger partial charge in [-0.1, -0.05) is 18.6 Å². The fourth-order valence-corrected chi connectivity index (χ4v) is 2.44. The lowest BCUT2D eigenvalue weighted by atomic mass is 9.95. The quantitative estimate of drug-likeness (QED) is 0.694. The van der Waals surface area contributed by atoms with Gasteiger partial charge in [0.15, 0.2) is 0 Å². The Morgan fingerprint density at radius 3 is 2.90 bits per heavy atom. The number of aliphatic carboxylic acids is 1. The first-order valence-electron chi connectivity index (χ1n) is 6.96. The Morgan fingerprint density at radius 2 is 2.15 bits per heavy atom. The second-order valence-electron chi connectivity index (χ2n) is 5.21. The van der Waals surface area contributed by atoms with E-state index in [1.165, 1.54) is 0 Å². The maximum atomic E-state index is 11.3. The van der Waals surface area contributed by atoms with Gasteiger partial charge < -0.3 is 16.2 Å². The lowest BCUT2D eigenvalue weighted by Crippen LogP contribution is -2.19. The van der Waals surface area contributed by atoms with E-state index in [0.29, 0.717) is 12.8 Å². The van der Waals surface area contributed by atoms with E-state index in [2.05, 4.69) is 11.4 Å². The average molecular weight is 276 g/mol. The van der Waals surface area contributed by atoms with Crippen molar-refractivity contribution in [2.75, 3.05) is 5.32 Å². The van der Waals surface area contributed by atoms with Crippen LogP contribution in [-0.2, 0) is 16.0 Å². The molecule has 5 nitrogen and oxygen atoms in total. The molecule has 1 aliphatic heterocycles. The van der Waals surface area contributed by atoms with E-state index in [1.54, 1.807) is 0 Å². The Morgan fingerprint density at radius 1 is 1.35 bits per heavy atom. The van der Waals surface area contributed by atoms with Crippen LogP contribution in [0.1, 0.15) is 49.3 Å². The zero-order chi connectivity index (χ0) is 14.5. The minimum absolute atomic E-state index is 0.0585. The van der Waals surface area contributed by atoms with Gasteiger partial charge in [0.05, 0.1) is 0 Å². The van der Waals surface area contributed by atoms with E-state index in [9.17, 15) is 9.59 Å². The molecule has 1 heterocycles. The molecule has 20 heavy (non-hydrogen) atoms. The van der Waals surface area contributed by atoms with Crippen LogP contribution >= 0.6 is 0 Å². The number of hydrogen-bond acceptors (Lipinski definition) is 3. The van der Waals surface area contributed by atoms with Crippen molar-refractivity contribution in [3.05, 3.63) is 29.3 Å². The first-order chi connectivity index (χ1) is 9.56. The monoisotopic (exact) mass is 276 g/mol.